The van der Waals surface area contributed by atoms with Gasteiger partial charge in [0.05, 0.1) is 6.61 Å². The molecule has 0 aliphatic carbocycles. The van der Waals surface area contributed by atoms with Gasteiger partial charge >= 0.3 is 0 Å². The van der Waals surface area contributed by atoms with E-state index in [1.807, 2.05) is 0 Å². The van der Waals surface area contributed by atoms with Gasteiger partial charge in [0.25, 0.3) is 0 Å². The number of rotatable bonds is 4. The minimum absolute atomic E-state index is 0.605. The van der Waals surface area contributed by atoms with Gasteiger partial charge in [-0.3, -0.25) is 0 Å². The van der Waals surface area contributed by atoms with Crippen LogP contribution in [-0.2, 0) is 4.74 Å². The second-order valence-corrected chi connectivity index (χ2v) is 3.12. The quantitative estimate of drug-likeness (QED) is 0.287. The molecule has 0 aromatic rings. The van der Waals surface area contributed by atoms with Crippen molar-refractivity contribution in [1.82, 2.24) is 4.90 Å². The number of hydrogen-bond acceptors (Lipinski definition) is 3. The van der Waals surface area contributed by atoms with Gasteiger partial charge in [-0.1, -0.05) is 5.11 Å². The summed E-state index contributed by atoms with van der Waals surface area (Å²) in [6, 6.07) is 0. The van der Waals surface area contributed by atoms with Crippen molar-refractivity contribution >= 4 is 0 Å². The van der Waals surface area contributed by atoms with E-state index in [1.165, 1.54) is 0 Å². The molecule has 0 aromatic heterocycles. The molecular weight excluding hydrogens is 168 g/mol. The summed E-state index contributed by atoms with van der Waals surface area (Å²) in [4.78, 5) is 5.08. The lowest BCUT2D eigenvalue weighted by atomic mass is 10.3. The number of nitrogens with zero attached hydrogens (tertiary/aromatic N) is 4. The van der Waals surface area contributed by atoms with Crippen LogP contribution in [0.1, 0.15) is 12.8 Å². The predicted octanol–water partition coefficient (Wildman–Crippen LogP) is 1.41. The van der Waals surface area contributed by atoms with Gasteiger partial charge in [0.1, 0.15) is 0 Å². The lowest BCUT2D eigenvalue weighted by molar-refractivity contribution is 0.141. The second kappa shape index (κ2) is 6.71. The summed E-state index contributed by atoms with van der Waals surface area (Å²) in [5.74, 6) is 0. The first kappa shape index (κ1) is 10.3. The van der Waals surface area contributed by atoms with Crippen molar-refractivity contribution in [2.75, 3.05) is 39.4 Å². The summed E-state index contributed by atoms with van der Waals surface area (Å²) in [5.41, 5.74) is 8.07. The molecule has 0 atom stereocenters. The van der Waals surface area contributed by atoms with Crippen molar-refractivity contribution in [1.29, 1.82) is 0 Å². The smallest absolute Gasteiger partial charge is 0.0593 e. The van der Waals surface area contributed by atoms with Crippen molar-refractivity contribution in [3.63, 3.8) is 0 Å². The van der Waals surface area contributed by atoms with Gasteiger partial charge in [0, 0.05) is 31.2 Å². The Kier molecular flexibility index (Phi) is 5.33. The van der Waals surface area contributed by atoms with Gasteiger partial charge in [0.2, 0.25) is 0 Å². The molecule has 1 heterocycles. The van der Waals surface area contributed by atoms with E-state index in [1.54, 1.807) is 0 Å². The average Bonchev–Trinajstić information content (AvgIpc) is 2.41. The zero-order valence-corrected chi connectivity index (χ0v) is 7.85. The van der Waals surface area contributed by atoms with Gasteiger partial charge in [-0.05, 0) is 24.9 Å². The third kappa shape index (κ3) is 4.72. The maximum absolute atomic E-state index is 8.07. The molecule has 0 bridgehead atoms. The van der Waals surface area contributed by atoms with Gasteiger partial charge in [-0.15, -0.1) is 0 Å². The summed E-state index contributed by atoms with van der Waals surface area (Å²) in [7, 11) is 0. The number of ether oxygens (including phenoxy) is 1. The molecule has 0 aromatic carbocycles. The highest BCUT2D eigenvalue weighted by atomic mass is 16.5. The molecule has 1 rings (SSSR count). The molecular formula is C8H16N4O. The van der Waals surface area contributed by atoms with Crippen molar-refractivity contribution in [2.24, 2.45) is 5.11 Å². The normalized spacial score (nSPS) is 19.1. The zero-order chi connectivity index (χ0) is 9.36. The van der Waals surface area contributed by atoms with Crippen molar-refractivity contribution in [3.05, 3.63) is 10.4 Å². The average molecular weight is 184 g/mol. The molecule has 0 amide bonds. The molecule has 74 valence electrons. The molecule has 0 radical (unpaired) electrons. The van der Waals surface area contributed by atoms with Crippen LogP contribution in [0.2, 0.25) is 0 Å². The fourth-order valence-corrected chi connectivity index (χ4v) is 1.43. The zero-order valence-electron chi connectivity index (χ0n) is 7.85. The van der Waals surface area contributed by atoms with Crippen LogP contribution in [0.25, 0.3) is 10.4 Å². The van der Waals surface area contributed by atoms with Crippen LogP contribution in [0, 0.1) is 0 Å². The molecule has 1 aliphatic heterocycles. The first-order chi connectivity index (χ1) is 6.43. The highest BCUT2D eigenvalue weighted by Crippen LogP contribution is 1.99. The Bertz CT molecular complexity index is 171. The fourth-order valence-electron chi connectivity index (χ4n) is 1.43. The Balaban J connectivity index is 2.08. The Hall–Kier alpha value is -0.770. The van der Waals surface area contributed by atoms with Crippen LogP contribution < -0.4 is 0 Å². The topological polar surface area (TPSA) is 61.2 Å². The maximum atomic E-state index is 8.07. The largest absolute Gasteiger partial charge is 0.380 e. The molecule has 0 spiro atoms. The monoisotopic (exact) mass is 184 g/mol. The first-order valence-electron chi connectivity index (χ1n) is 4.74. The van der Waals surface area contributed by atoms with E-state index in [-0.39, 0.29) is 0 Å². The fraction of sp³-hybridized carbons (Fsp3) is 1.00. The van der Waals surface area contributed by atoms with E-state index in [2.05, 4.69) is 14.9 Å². The predicted molar refractivity (Wildman–Crippen MR) is 50.5 cm³/mol. The van der Waals surface area contributed by atoms with E-state index in [0.29, 0.717) is 6.54 Å². The van der Waals surface area contributed by atoms with Crippen molar-refractivity contribution < 1.29 is 4.74 Å². The van der Waals surface area contributed by atoms with Gasteiger partial charge in [-0.2, -0.15) is 0 Å². The van der Waals surface area contributed by atoms with Crippen LogP contribution in [0.3, 0.4) is 0 Å². The summed E-state index contributed by atoms with van der Waals surface area (Å²) < 4.78 is 5.33. The molecule has 5 heteroatoms. The second-order valence-electron chi connectivity index (χ2n) is 3.12. The Morgan fingerprint density at radius 3 is 3.15 bits per heavy atom. The minimum atomic E-state index is 0.605. The van der Waals surface area contributed by atoms with Crippen LogP contribution in [0.4, 0.5) is 0 Å². The first-order valence-corrected chi connectivity index (χ1v) is 4.74. The van der Waals surface area contributed by atoms with Gasteiger partial charge < -0.3 is 9.64 Å². The van der Waals surface area contributed by atoms with Crippen LogP contribution in [0.15, 0.2) is 5.11 Å². The highest BCUT2D eigenvalue weighted by Gasteiger charge is 2.07. The maximum Gasteiger partial charge on any atom is 0.0593 e. The third-order valence-corrected chi connectivity index (χ3v) is 2.11. The Morgan fingerprint density at radius 1 is 1.38 bits per heavy atom. The SMILES string of the molecule is [N-]=[N+]=NCCCN1CCCOCC1. The molecule has 0 saturated carbocycles. The van der Waals surface area contributed by atoms with Crippen molar-refractivity contribution in [3.8, 4) is 0 Å². The summed E-state index contributed by atoms with van der Waals surface area (Å²) >= 11 is 0. The lowest BCUT2D eigenvalue weighted by Gasteiger charge is -2.17. The molecule has 0 unspecified atom stereocenters. The molecule has 13 heavy (non-hydrogen) atoms. The number of hydrogen-bond donors (Lipinski definition) is 0. The van der Waals surface area contributed by atoms with E-state index in [0.717, 1.165) is 45.7 Å². The summed E-state index contributed by atoms with van der Waals surface area (Å²) in [6.07, 6.45) is 2.06. The molecule has 1 saturated heterocycles. The van der Waals surface area contributed by atoms with Crippen LogP contribution in [-0.4, -0.2) is 44.3 Å². The Labute approximate surface area is 78.3 Å². The lowest BCUT2D eigenvalue weighted by Crippen LogP contribution is -2.27. The molecule has 1 aliphatic rings. The van der Waals surface area contributed by atoms with E-state index in [4.69, 9.17) is 10.3 Å². The van der Waals surface area contributed by atoms with Gasteiger partial charge in [0.15, 0.2) is 0 Å². The molecule has 1 fully saturated rings. The Morgan fingerprint density at radius 2 is 2.31 bits per heavy atom. The summed E-state index contributed by atoms with van der Waals surface area (Å²) in [5, 5.41) is 3.50. The third-order valence-electron chi connectivity index (χ3n) is 2.11. The van der Waals surface area contributed by atoms with Crippen LogP contribution >= 0.6 is 0 Å². The standard InChI is InChI=1S/C8H16N4O/c9-11-10-3-1-4-12-5-2-7-13-8-6-12/h1-8H2. The molecule has 0 N–H and O–H groups in total. The summed E-state index contributed by atoms with van der Waals surface area (Å²) in [6.45, 7) is 5.46. The highest BCUT2D eigenvalue weighted by molar-refractivity contribution is 4.61. The van der Waals surface area contributed by atoms with Crippen molar-refractivity contribution in [2.45, 2.75) is 12.8 Å². The van der Waals surface area contributed by atoms with E-state index in [9.17, 15) is 0 Å². The van der Waals surface area contributed by atoms with Gasteiger partial charge in [-0.25, -0.2) is 0 Å². The number of azide groups is 1. The van der Waals surface area contributed by atoms with E-state index < -0.39 is 0 Å². The molecule has 5 nitrogen and oxygen atoms in total. The van der Waals surface area contributed by atoms with Crippen LogP contribution in [0.5, 0.6) is 0 Å². The van der Waals surface area contributed by atoms with E-state index >= 15 is 0 Å². The minimum Gasteiger partial charge on any atom is -0.380 e.